The maximum Gasteiger partial charge on any atom is 0.217 e. The quantitative estimate of drug-likeness (QED) is 0.674. The number of nitrogens with zero attached hydrogens (tertiary/aromatic N) is 4. The highest BCUT2D eigenvalue weighted by Gasteiger charge is 2.08. The number of aromatic amines is 1. The summed E-state index contributed by atoms with van der Waals surface area (Å²) in [7, 11) is 0. The van der Waals surface area contributed by atoms with E-state index in [1.165, 1.54) is 0 Å². The summed E-state index contributed by atoms with van der Waals surface area (Å²) in [6.45, 7) is 3.74. The molecule has 2 rings (SSSR count). The SMILES string of the molecule is CCN(CC#N)Cn1[nH]c(-c2cccs2)nc1=S. The molecule has 0 amide bonds. The zero-order chi connectivity index (χ0) is 13.0. The van der Waals surface area contributed by atoms with Crippen LogP contribution in [0.4, 0.5) is 0 Å². The lowest BCUT2D eigenvalue weighted by atomic mass is 10.4. The summed E-state index contributed by atoms with van der Waals surface area (Å²) in [6.07, 6.45) is 0. The number of hydrogen-bond donors (Lipinski definition) is 1. The van der Waals surface area contributed by atoms with Gasteiger partial charge in [-0.3, -0.25) is 10.00 Å². The Morgan fingerprint density at radius 2 is 2.50 bits per heavy atom. The summed E-state index contributed by atoms with van der Waals surface area (Å²) < 4.78 is 2.29. The third-order valence-electron chi connectivity index (χ3n) is 2.52. The van der Waals surface area contributed by atoms with E-state index in [1.54, 1.807) is 16.0 Å². The third-order valence-corrected chi connectivity index (χ3v) is 3.70. The normalized spacial score (nSPS) is 10.7. The highest BCUT2D eigenvalue weighted by Crippen LogP contribution is 2.20. The van der Waals surface area contributed by atoms with Gasteiger partial charge in [0.15, 0.2) is 5.82 Å². The van der Waals surface area contributed by atoms with Crippen LogP contribution in [0.5, 0.6) is 0 Å². The molecule has 0 radical (unpaired) electrons. The standard InChI is InChI=1S/C11H13N5S2/c1-2-15(6-5-12)8-16-11(17)13-10(14-16)9-4-3-7-18-9/h3-4,7H,2,6,8H2,1H3,(H,13,14,17). The molecule has 5 nitrogen and oxygen atoms in total. The third kappa shape index (κ3) is 2.85. The van der Waals surface area contributed by atoms with Crippen LogP contribution in [0.25, 0.3) is 10.7 Å². The van der Waals surface area contributed by atoms with Gasteiger partial charge in [0.2, 0.25) is 4.77 Å². The maximum atomic E-state index is 8.72. The molecule has 2 heterocycles. The second kappa shape index (κ2) is 5.91. The van der Waals surface area contributed by atoms with Crippen molar-refractivity contribution in [1.29, 1.82) is 5.26 Å². The molecule has 0 aliphatic carbocycles. The van der Waals surface area contributed by atoms with Gasteiger partial charge < -0.3 is 0 Å². The second-order valence-electron chi connectivity index (χ2n) is 3.70. The molecule has 0 saturated heterocycles. The van der Waals surface area contributed by atoms with Crippen molar-refractivity contribution in [2.45, 2.75) is 13.6 Å². The van der Waals surface area contributed by atoms with E-state index in [2.05, 4.69) is 16.2 Å². The van der Waals surface area contributed by atoms with E-state index in [1.807, 2.05) is 29.3 Å². The van der Waals surface area contributed by atoms with Gasteiger partial charge in [-0.15, -0.1) is 11.3 Å². The van der Waals surface area contributed by atoms with Crippen LogP contribution in [0.3, 0.4) is 0 Å². The Morgan fingerprint density at radius 3 is 3.11 bits per heavy atom. The topological polar surface area (TPSA) is 60.6 Å². The lowest BCUT2D eigenvalue weighted by Crippen LogP contribution is -2.27. The van der Waals surface area contributed by atoms with Crippen LogP contribution in [-0.2, 0) is 6.67 Å². The predicted molar refractivity (Wildman–Crippen MR) is 73.6 cm³/mol. The van der Waals surface area contributed by atoms with E-state index < -0.39 is 0 Å². The van der Waals surface area contributed by atoms with Gasteiger partial charge >= 0.3 is 0 Å². The number of hydrogen-bond acceptors (Lipinski definition) is 5. The predicted octanol–water partition coefficient (Wildman–Crippen LogP) is 2.47. The number of aromatic nitrogens is 3. The smallest absolute Gasteiger partial charge is 0.217 e. The second-order valence-corrected chi connectivity index (χ2v) is 5.02. The van der Waals surface area contributed by atoms with Crippen molar-refractivity contribution in [2.75, 3.05) is 13.1 Å². The molecular formula is C11H13N5S2. The van der Waals surface area contributed by atoms with Crippen molar-refractivity contribution in [3.63, 3.8) is 0 Å². The maximum absolute atomic E-state index is 8.72. The van der Waals surface area contributed by atoms with Gasteiger partial charge in [0, 0.05) is 0 Å². The molecule has 0 aliphatic rings. The van der Waals surface area contributed by atoms with Gasteiger partial charge in [-0.1, -0.05) is 13.0 Å². The van der Waals surface area contributed by atoms with Gasteiger partial charge in [-0.2, -0.15) is 10.2 Å². The molecular weight excluding hydrogens is 266 g/mol. The molecule has 0 atom stereocenters. The average Bonchev–Trinajstić information content (AvgIpc) is 2.99. The van der Waals surface area contributed by atoms with Crippen molar-refractivity contribution in [3.8, 4) is 16.8 Å². The van der Waals surface area contributed by atoms with Crippen LogP contribution in [0, 0.1) is 16.1 Å². The minimum atomic E-state index is 0.381. The van der Waals surface area contributed by atoms with Crippen molar-refractivity contribution in [3.05, 3.63) is 22.3 Å². The van der Waals surface area contributed by atoms with Gasteiger partial charge in [0.05, 0.1) is 24.2 Å². The molecule has 0 bridgehead atoms. The molecule has 0 spiro atoms. The molecule has 18 heavy (non-hydrogen) atoms. The van der Waals surface area contributed by atoms with Crippen LogP contribution in [0.1, 0.15) is 6.92 Å². The molecule has 2 aromatic rings. The molecule has 0 unspecified atom stereocenters. The highest BCUT2D eigenvalue weighted by atomic mass is 32.1. The number of thiophene rings is 1. The zero-order valence-corrected chi connectivity index (χ0v) is 11.6. The molecule has 0 saturated carbocycles. The summed E-state index contributed by atoms with van der Waals surface area (Å²) in [5, 5.41) is 13.9. The number of H-pyrrole nitrogens is 1. The van der Waals surface area contributed by atoms with Gasteiger partial charge in [0.25, 0.3) is 0 Å². The summed E-state index contributed by atoms with van der Waals surface area (Å²) >= 11 is 6.83. The van der Waals surface area contributed by atoms with Crippen LogP contribution < -0.4 is 0 Å². The number of nitrogens with one attached hydrogen (secondary N) is 1. The largest absolute Gasteiger partial charge is 0.277 e. The lowest BCUT2D eigenvalue weighted by Gasteiger charge is -2.16. The van der Waals surface area contributed by atoms with Crippen LogP contribution >= 0.6 is 23.6 Å². The minimum absolute atomic E-state index is 0.381. The molecule has 1 N–H and O–H groups in total. The van der Waals surface area contributed by atoms with E-state index >= 15 is 0 Å². The van der Waals surface area contributed by atoms with E-state index in [0.717, 1.165) is 17.2 Å². The minimum Gasteiger partial charge on any atom is -0.277 e. The van der Waals surface area contributed by atoms with Crippen molar-refractivity contribution >= 4 is 23.6 Å². The van der Waals surface area contributed by atoms with Crippen LogP contribution in [0.15, 0.2) is 17.5 Å². The number of nitriles is 1. The van der Waals surface area contributed by atoms with E-state index in [0.29, 0.717) is 18.0 Å². The van der Waals surface area contributed by atoms with Crippen molar-refractivity contribution in [1.82, 2.24) is 19.7 Å². The fourth-order valence-corrected chi connectivity index (χ4v) is 2.40. The molecule has 0 aromatic carbocycles. The summed E-state index contributed by atoms with van der Waals surface area (Å²) in [4.78, 5) is 7.36. The van der Waals surface area contributed by atoms with Crippen LogP contribution in [-0.4, -0.2) is 32.8 Å². The van der Waals surface area contributed by atoms with Crippen LogP contribution in [0.2, 0.25) is 0 Å². The number of rotatable bonds is 5. The Balaban J connectivity index is 2.20. The Bertz CT molecular complexity index is 590. The van der Waals surface area contributed by atoms with E-state index in [-0.39, 0.29) is 0 Å². The molecule has 7 heteroatoms. The van der Waals surface area contributed by atoms with Gasteiger partial charge in [0.1, 0.15) is 0 Å². The first kappa shape index (κ1) is 13.0. The molecule has 94 valence electrons. The summed E-state index contributed by atoms with van der Waals surface area (Å²) in [5.74, 6) is 0.781. The fourth-order valence-electron chi connectivity index (χ4n) is 1.54. The van der Waals surface area contributed by atoms with E-state index in [4.69, 9.17) is 17.5 Å². The Hall–Kier alpha value is -1.49. The molecule has 2 aromatic heterocycles. The molecule has 0 aliphatic heterocycles. The zero-order valence-electron chi connectivity index (χ0n) is 9.96. The van der Waals surface area contributed by atoms with E-state index in [9.17, 15) is 0 Å². The van der Waals surface area contributed by atoms with Gasteiger partial charge in [-0.05, 0) is 30.2 Å². The summed E-state index contributed by atoms with van der Waals surface area (Å²) in [6, 6.07) is 6.11. The average molecular weight is 279 g/mol. The molecule has 0 fully saturated rings. The summed E-state index contributed by atoms with van der Waals surface area (Å²) in [5.41, 5.74) is 0. The highest BCUT2D eigenvalue weighted by molar-refractivity contribution is 7.71. The Kier molecular flexibility index (Phi) is 4.25. The fraction of sp³-hybridized carbons (Fsp3) is 0.364. The monoisotopic (exact) mass is 279 g/mol. The van der Waals surface area contributed by atoms with Crippen molar-refractivity contribution < 1.29 is 0 Å². The van der Waals surface area contributed by atoms with Crippen molar-refractivity contribution in [2.24, 2.45) is 0 Å². The van der Waals surface area contributed by atoms with Gasteiger partial charge in [-0.25, -0.2) is 4.68 Å². The lowest BCUT2D eigenvalue weighted by molar-refractivity contribution is 0.242. The first-order valence-corrected chi connectivity index (χ1v) is 6.83. The first-order chi connectivity index (χ1) is 8.74. The Morgan fingerprint density at radius 1 is 1.67 bits per heavy atom. The first-order valence-electron chi connectivity index (χ1n) is 5.54. The Labute approximate surface area is 114 Å².